The summed E-state index contributed by atoms with van der Waals surface area (Å²) in [6, 6.07) is 13.2. The quantitative estimate of drug-likeness (QED) is 0.365. The van der Waals surface area contributed by atoms with Crippen LogP contribution in [0, 0.1) is 10.1 Å². The van der Waals surface area contributed by atoms with Crippen molar-refractivity contribution in [1.82, 2.24) is 9.55 Å². The number of halogens is 3. The zero-order chi connectivity index (χ0) is 25.5. The first kappa shape index (κ1) is 23.8. The lowest BCUT2D eigenvalue weighted by Crippen LogP contribution is -2.46. The molecule has 0 N–H and O–H groups in total. The number of fused-ring (bicyclic) bond motifs is 1. The number of nitro groups is 1. The molecule has 3 aromatic rings. The van der Waals surface area contributed by atoms with Crippen molar-refractivity contribution in [2.45, 2.75) is 25.2 Å². The molecule has 2 aromatic carbocycles. The fourth-order valence-electron chi connectivity index (χ4n) is 4.43. The van der Waals surface area contributed by atoms with E-state index in [2.05, 4.69) is 14.8 Å². The first-order valence-corrected chi connectivity index (χ1v) is 11.4. The molecule has 36 heavy (non-hydrogen) atoms. The monoisotopic (exact) mass is 503 g/mol. The number of alkyl halides is 3. The summed E-state index contributed by atoms with van der Waals surface area (Å²) < 4.78 is 51.7. The van der Waals surface area contributed by atoms with Gasteiger partial charge in [0, 0.05) is 42.5 Å². The maximum absolute atomic E-state index is 12.8. The van der Waals surface area contributed by atoms with E-state index in [-0.39, 0.29) is 18.4 Å². The molecule has 5 rings (SSSR count). The molecule has 0 amide bonds. The molecule has 0 aliphatic carbocycles. The number of nitrogens with zero attached hydrogens (tertiary/aromatic N) is 5. The molecule has 12 heteroatoms. The molecule has 1 fully saturated rings. The summed E-state index contributed by atoms with van der Waals surface area (Å²) in [5.41, 5.74) is 0.483. The Morgan fingerprint density at radius 3 is 2.08 bits per heavy atom. The van der Waals surface area contributed by atoms with Crippen molar-refractivity contribution in [2.75, 3.05) is 42.6 Å². The molecule has 0 saturated carbocycles. The van der Waals surface area contributed by atoms with Crippen LogP contribution in [0.25, 0.3) is 0 Å². The lowest BCUT2D eigenvalue weighted by molar-refractivity contribution is -0.389. The van der Waals surface area contributed by atoms with Crippen LogP contribution >= 0.6 is 0 Å². The number of aromatic nitrogens is 2. The number of ether oxygens (including phenoxy) is 2. The molecular weight excluding hydrogens is 479 g/mol. The number of rotatable bonds is 6. The molecule has 0 radical (unpaired) electrons. The minimum Gasteiger partial charge on any atom is -0.489 e. The van der Waals surface area contributed by atoms with Gasteiger partial charge < -0.3 is 29.4 Å². The van der Waals surface area contributed by atoms with Crippen LogP contribution < -0.4 is 19.3 Å². The zero-order valence-corrected chi connectivity index (χ0v) is 19.4. The van der Waals surface area contributed by atoms with Crippen molar-refractivity contribution in [1.29, 1.82) is 0 Å². The maximum Gasteiger partial charge on any atom is 0.416 e. The van der Waals surface area contributed by atoms with Gasteiger partial charge in [-0.05, 0) is 60.4 Å². The Morgan fingerprint density at radius 1 is 1.03 bits per heavy atom. The van der Waals surface area contributed by atoms with Crippen molar-refractivity contribution in [2.24, 2.45) is 0 Å². The van der Waals surface area contributed by atoms with Gasteiger partial charge in [0.25, 0.3) is 0 Å². The number of anilines is 2. The lowest BCUT2D eigenvalue weighted by Gasteiger charge is -2.37. The zero-order valence-electron chi connectivity index (χ0n) is 19.4. The third-order valence-electron chi connectivity index (χ3n) is 6.34. The van der Waals surface area contributed by atoms with Crippen LogP contribution in [0.4, 0.5) is 30.4 Å². The fourth-order valence-corrected chi connectivity index (χ4v) is 4.43. The highest BCUT2D eigenvalue weighted by Crippen LogP contribution is 2.33. The molecule has 0 bridgehead atoms. The van der Waals surface area contributed by atoms with E-state index in [1.807, 2.05) is 31.2 Å². The first-order chi connectivity index (χ1) is 17.1. The summed E-state index contributed by atoms with van der Waals surface area (Å²) in [5, 5.41) is 10.9. The molecule has 190 valence electrons. The molecule has 2 aliphatic rings. The Labute approximate surface area is 204 Å². The number of benzene rings is 2. The molecule has 1 aromatic heterocycles. The number of hydrogen-bond acceptors (Lipinski definition) is 7. The predicted octanol–water partition coefficient (Wildman–Crippen LogP) is 4.37. The van der Waals surface area contributed by atoms with Crippen molar-refractivity contribution in [3.05, 3.63) is 70.4 Å². The van der Waals surface area contributed by atoms with Gasteiger partial charge in [-0.25, -0.2) is 0 Å². The van der Waals surface area contributed by atoms with Gasteiger partial charge in [0.15, 0.2) is 5.60 Å². The highest BCUT2D eigenvalue weighted by atomic mass is 19.4. The van der Waals surface area contributed by atoms with Crippen LogP contribution in [0.3, 0.4) is 0 Å². The van der Waals surface area contributed by atoms with E-state index in [1.165, 1.54) is 18.3 Å². The molecule has 1 atom stereocenters. The van der Waals surface area contributed by atoms with Gasteiger partial charge in [0.05, 0.1) is 12.1 Å². The van der Waals surface area contributed by atoms with Crippen molar-refractivity contribution >= 4 is 17.2 Å². The summed E-state index contributed by atoms with van der Waals surface area (Å²) in [7, 11) is 0. The lowest BCUT2D eigenvalue weighted by atomic mass is 10.1. The molecular formula is C24H24F3N5O4. The van der Waals surface area contributed by atoms with Crippen LogP contribution in [0.2, 0.25) is 0 Å². The van der Waals surface area contributed by atoms with Gasteiger partial charge in [-0.15, -0.1) is 0 Å². The summed E-state index contributed by atoms with van der Waals surface area (Å²) in [4.78, 5) is 18.5. The van der Waals surface area contributed by atoms with E-state index in [1.54, 1.807) is 4.57 Å². The van der Waals surface area contributed by atoms with E-state index >= 15 is 0 Å². The Balaban J connectivity index is 1.12. The third kappa shape index (κ3) is 4.88. The van der Waals surface area contributed by atoms with Crippen LogP contribution in [-0.2, 0) is 12.7 Å². The summed E-state index contributed by atoms with van der Waals surface area (Å²) in [5.74, 6) is 0.422. The van der Waals surface area contributed by atoms with Gasteiger partial charge in [-0.2, -0.15) is 13.2 Å². The topological polar surface area (TPSA) is 85.9 Å². The van der Waals surface area contributed by atoms with E-state index in [9.17, 15) is 23.3 Å². The third-order valence-corrected chi connectivity index (χ3v) is 6.34. The van der Waals surface area contributed by atoms with Crippen molar-refractivity contribution in [3.8, 4) is 11.8 Å². The molecule has 0 unspecified atom stereocenters. The van der Waals surface area contributed by atoms with Crippen molar-refractivity contribution < 1.29 is 27.6 Å². The second-order valence-corrected chi connectivity index (χ2v) is 9.12. The largest absolute Gasteiger partial charge is 0.489 e. The minimum absolute atomic E-state index is 0.207. The average Bonchev–Trinajstić information content (AvgIpc) is 3.38. The highest BCUT2D eigenvalue weighted by molar-refractivity contribution is 5.53. The van der Waals surface area contributed by atoms with Gasteiger partial charge in [0.2, 0.25) is 0 Å². The normalized spacial score (nSPS) is 19.7. The SMILES string of the molecule is C[C@]1(COc2ccc(N3CCN(c4ccc(C(F)(F)F)cc4)CC3)cc2)Cn2cc([N+](=O)[O-])nc2O1. The second-order valence-electron chi connectivity index (χ2n) is 9.12. The predicted molar refractivity (Wildman–Crippen MR) is 126 cm³/mol. The van der Waals surface area contributed by atoms with E-state index in [4.69, 9.17) is 9.47 Å². The maximum atomic E-state index is 12.8. The van der Waals surface area contributed by atoms with Gasteiger partial charge in [0.1, 0.15) is 18.6 Å². The molecule has 0 spiro atoms. The van der Waals surface area contributed by atoms with Gasteiger partial charge in [-0.1, -0.05) is 0 Å². The summed E-state index contributed by atoms with van der Waals surface area (Å²) >= 11 is 0. The second kappa shape index (κ2) is 8.92. The summed E-state index contributed by atoms with van der Waals surface area (Å²) in [6.45, 7) is 5.38. The number of hydrogen-bond donors (Lipinski definition) is 0. The van der Waals surface area contributed by atoms with Crippen LogP contribution in [0.1, 0.15) is 12.5 Å². The van der Waals surface area contributed by atoms with Crippen molar-refractivity contribution in [3.63, 3.8) is 0 Å². The van der Waals surface area contributed by atoms with Gasteiger partial charge in [-0.3, -0.25) is 4.57 Å². The Kier molecular flexibility index (Phi) is 5.89. The molecule has 9 nitrogen and oxygen atoms in total. The highest BCUT2D eigenvalue weighted by Gasteiger charge is 2.41. The average molecular weight is 503 g/mol. The molecule has 3 heterocycles. The molecule has 2 aliphatic heterocycles. The van der Waals surface area contributed by atoms with E-state index in [0.29, 0.717) is 25.4 Å². The van der Waals surface area contributed by atoms with E-state index in [0.717, 1.165) is 36.6 Å². The number of imidazole rings is 1. The van der Waals surface area contributed by atoms with Crippen LogP contribution in [0.5, 0.6) is 11.8 Å². The number of piperazine rings is 1. The fraction of sp³-hybridized carbons (Fsp3) is 0.375. The summed E-state index contributed by atoms with van der Waals surface area (Å²) in [6.07, 6.45) is -2.98. The van der Waals surface area contributed by atoms with Crippen LogP contribution in [-0.4, -0.2) is 52.9 Å². The van der Waals surface area contributed by atoms with Gasteiger partial charge >= 0.3 is 18.0 Å². The smallest absolute Gasteiger partial charge is 0.416 e. The standard InChI is InChI=1S/C24H24F3N5O4/c1-23(15-31-14-21(32(33)34)28-22(31)36-23)16-35-20-8-6-19(7-9-20)30-12-10-29(11-13-30)18-4-2-17(3-5-18)24(25,26)27/h2-9,14H,10-13,15-16H2,1H3/t23-/m1/s1. The van der Waals surface area contributed by atoms with Crippen LogP contribution in [0.15, 0.2) is 54.7 Å². The Bertz CT molecular complexity index is 1210. The Morgan fingerprint density at radius 2 is 1.58 bits per heavy atom. The Hall–Kier alpha value is -3.96. The minimum atomic E-state index is -4.33. The molecule has 1 saturated heterocycles. The van der Waals surface area contributed by atoms with E-state index < -0.39 is 22.3 Å². The first-order valence-electron chi connectivity index (χ1n) is 11.4.